The summed E-state index contributed by atoms with van der Waals surface area (Å²) in [4.78, 5) is 0. The Morgan fingerprint density at radius 1 is 1.24 bits per heavy atom. The van der Waals surface area contributed by atoms with Crippen LogP contribution >= 0.6 is 0 Å². The first-order valence-corrected chi connectivity index (χ1v) is 6.47. The Hall–Kier alpha value is -1.33. The monoisotopic (exact) mass is 230 g/mol. The van der Waals surface area contributed by atoms with Gasteiger partial charge in [-0.25, -0.2) is 0 Å². The molecule has 0 amide bonds. The number of nitrogens with zero attached hydrogens (tertiary/aromatic N) is 1. The van der Waals surface area contributed by atoms with E-state index in [2.05, 4.69) is 49.5 Å². The summed E-state index contributed by atoms with van der Waals surface area (Å²) in [6.07, 6.45) is 3.83. The molecule has 2 nitrogen and oxygen atoms in total. The predicted octanol–water partition coefficient (Wildman–Crippen LogP) is 3.59. The number of rotatable bonds is 7. The van der Waals surface area contributed by atoms with Crippen molar-refractivity contribution in [1.82, 2.24) is 5.32 Å². The van der Waals surface area contributed by atoms with Crippen molar-refractivity contribution in [2.75, 3.05) is 6.54 Å². The maximum atomic E-state index is 8.43. The van der Waals surface area contributed by atoms with Gasteiger partial charge in [0.25, 0.3) is 0 Å². The van der Waals surface area contributed by atoms with Crippen molar-refractivity contribution in [3.63, 3.8) is 0 Å². The fraction of sp³-hybridized carbons (Fsp3) is 0.533. The lowest BCUT2D eigenvalue weighted by atomic mass is 10.0. The lowest BCUT2D eigenvalue weighted by molar-refractivity contribution is 0.549. The van der Waals surface area contributed by atoms with Gasteiger partial charge < -0.3 is 5.32 Å². The minimum Gasteiger partial charge on any atom is -0.310 e. The first-order valence-electron chi connectivity index (χ1n) is 6.47. The lowest BCUT2D eigenvalue weighted by Gasteiger charge is -2.14. The number of nitrogens with one attached hydrogen (secondary N) is 1. The summed E-state index contributed by atoms with van der Waals surface area (Å²) in [6.45, 7) is 5.34. The lowest BCUT2D eigenvalue weighted by Crippen LogP contribution is -2.19. The van der Waals surface area contributed by atoms with Crippen LogP contribution in [0.2, 0.25) is 0 Å². The number of benzene rings is 1. The molecule has 0 saturated heterocycles. The van der Waals surface area contributed by atoms with Crippen LogP contribution in [0.5, 0.6) is 0 Å². The fourth-order valence-corrected chi connectivity index (χ4v) is 1.81. The molecule has 0 spiro atoms. The zero-order valence-corrected chi connectivity index (χ0v) is 10.9. The second-order valence-electron chi connectivity index (χ2n) is 4.39. The Kier molecular flexibility index (Phi) is 6.35. The Labute approximate surface area is 105 Å². The van der Waals surface area contributed by atoms with Crippen LogP contribution in [-0.2, 0) is 6.42 Å². The van der Waals surface area contributed by atoms with Crippen molar-refractivity contribution in [3.05, 3.63) is 35.4 Å². The highest BCUT2D eigenvalue weighted by Gasteiger charge is 2.03. The second-order valence-corrected chi connectivity index (χ2v) is 4.39. The Morgan fingerprint density at radius 3 is 2.53 bits per heavy atom. The minimum absolute atomic E-state index is 0.392. The topological polar surface area (TPSA) is 35.8 Å². The third kappa shape index (κ3) is 5.01. The van der Waals surface area contributed by atoms with Gasteiger partial charge in [0.2, 0.25) is 0 Å². The van der Waals surface area contributed by atoms with Gasteiger partial charge in [0.1, 0.15) is 0 Å². The van der Waals surface area contributed by atoms with E-state index in [9.17, 15) is 0 Å². The van der Waals surface area contributed by atoms with Gasteiger partial charge in [-0.15, -0.1) is 0 Å². The van der Waals surface area contributed by atoms with Gasteiger partial charge in [0, 0.05) is 12.5 Å². The quantitative estimate of drug-likeness (QED) is 0.726. The van der Waals surface area contributed by atoms with Crippen LogP contribution in [0.4, 0.5) is 0 Å². The molecule has 0 bridgehead atoms. The van der Waals surface area contributed by atoms with E-state index in [0.29, 0.717) is 12.5 Å². The van der Waals surface area contributed by atoms with Crippen molar-refractivity contribution >= 4 is 0 Å². The van der Waals surface area contributed by atoms with Crippen LogP contribution < -0.4 is 5.32 Å². The average Bonchev–Trinajstić information content (AvgIpc) is 2.38. The first-order chi connectivity index (χ1) is 8.27. The SMILES string of the molecule is CCc1ccc(C(C)NCCCCC#N)cc1. The molecule has 0 saturated carbocycles. The van der Waals surface area contributed by atoms with Crippen molar-refractivity contribution in [2.24, 2.45) is 0 Å². The molecule has 0 aliphatic heterocycles. The van der Waals surface area contributed by atoms with Gasteiger partial charge in [-0.05, 0) is 43.9 Å². The molecule has 1 aromatic carbocycles. The third-order valence-corrected chi connectivity index (χ3v) is 3.05. The molecule has 2 heteroatoms. The molecule has 1 atom stereocenters. The van der Waals surface area contributed by atoms with Gasteiger partial charge in [0.15, 0.2) is 0 Å². The molecular weight excluding hydrogens is 208 g/mol. The highest BCUT2D eigenvalue weighted by molar-refractivity contribution is 5.24. The van der Waals surface area contributed by atoms with Crippen LogP contribution in [0.15, 0.2) is 24.3 Å². The van der Waals surface area contributed by atoms with E-state index in [1.165, 1.54) is 11.1 Å². The van der Waals surface area contributed by atoms with Crippen LogP contribution in [0.1, 0.15) is 50.3 Å². The molecule has 1 aromatic rings. The summed E-state index contributed by atoms with van der Waals surface area (Å²) in [5, 5.41) is 11.9. The standard InChI is InChI=1S/C15H22N2/c1-3-14-7-9-15(10-8-14)13(2)17-12-6-4-5-11-16/h7-10,13,17H,3-6,12H2,1-2H3. The molecule has 92 valence electrons. The van der Waals surface area contributed by atoms with E-state index in [0.717, 1.165) is 25.8 Å². The van der Waals surface area contributed by atoms with Crippen molar-refractivity contribution in [2.45, 2.75) is 45.6 Å². The van der Waals surface area contributed by atoms with Gasteiger partial charge >= 0.3 is 0 Å². The second kappa shape index (κ2) is 7.86. The molecule has 1 unspecified atom stereocenters. The van der Waals surface area contributed by atoms with E-state index in [1.807, 2.05) is 0 Å². The number of aryl methyl sites for hydroxylation is 1. The summed E-state index contributed by atoms with van der Waals surface area (Å²) in [5.41, 5.74) is 2.72. The first kappa shape index (κ1) is 13.7. The molecule has 17 heavy (non-hydrogen) atoms. The van der Waals surface area contributed by atoms with E-state index in [1.54, 1.807) is 0 Å². The van der Waals surface area contributed by atoms with E-state index < -0.39 is 0 Å². The molecule has 1 rings (SSSR count). The smallest absolute Gasteiger partial charge is 0.0621 e. The highest BCUT2D eigenvalue weighted by atomic mass is 14.9. The third-order valence-electron chi connectivity index (χ3n) is 3.05. The maximum Gasteiger partial charge on any atom is 0.0621 e. The van der Waals surface area contributed by atoms with Crippen LogP contribution in [0.25, 0.3) is 0 Å². The Morgan fingerprint density at radius 2 is 1.94 bits per heavy atom. The Balaban J connectivity index is 2.31. The number of hydrogen-bond acceptors (Lipinski definition) is 2. The fourth-order valence-electron chi connectivity index (χ4n) is 1.81. The van der Waals surface area contributed by atoms with Gasteiger partial charge in [0.05, 0.1) is 6.07 Å². The zero-order chi connectivity index (χ0) is 12.5. The van der Waals surface area contributed by atoms with Crippen molar-refractivity contribution in [3.8, 4) is 6.07 Å². The van der Waals surface area contributed by atoms with Crippen LogP contribution in [-0.4, -0.2) is 6.54 Å². The minimum atomic E-state index is 0.392. The summed E-state index contributed by atoms with van der Waals surface area (Å²) in [5.74, 6) is 0. The predicted molar refractivity (Wildman–Crippen MR) is 71.7 cm³/mol. The van der Waals surface area contributed by atoms with E-state index >= 15 is 0 Å². The summed E-state index contributed by atoms with van der Waals surface area (Å²) in [7, 11) is 0. The summed E-state index contributed by atoms with van der Waals surface area (Å²) >= 11 is 0. The molecular formula is C15H22N2. The van der Waals surface area contributed by atoms with Crippen molar-refractivity contribution < 1.29 is 0 Å². The molecule has 0 aromatic heterocycles. The zero-order valence-electron chi connectivity index (χ0n) is 10.9. The summed E-state index contributed by atoms with van der Waals surface area (Å²) < 4.78 is 0. The number of nitriles is 1. The molecule has 0 aliphatic carbocycles. The summed E-state index contributed by atoms with van der Waals surface area (Å²) in [6, 6.07) is 11.4. The molecule has 0 fully saturated rings. The molecule has 0 aliphatic rings. The van der Waals surface area contributed by atoms with E-state index in [-0.39, 0.29) is 0 Å². The van der Waals surface area contributed by atoms with Crippen LogP contribution in [0, 0.1) is 11.3 Å². The number of unbranched alkanes of at least 4 members (excludes halogenated alkanes) is 2. The maximum absolute atomic E-state index is 8.43. The average molecular weight is 230 g/mol. The Bertz CT molecular complexity index is 348. The van der Waals surface area contributed by atoms with Crippen LogP contribution in [0.3, 0.4) is 0 Å². The van der Waals surface area contributed by atoms with Crippen molar-refractivity contribution in [1.29, 1.82) is 5.26 Å². The van der Waals surface area contributed by atoms with Gasteiger partial charge in [-0.3, -0.25) is 0 Å². The van der Waals surface area contributed by atoms with E-state index in [4.69, 9.17) is 5.26 Å². The largest absolute Gasteiger partial charge is 0.310 e. The van der Waals surface area contributed by atoms with Gasteiger partial charge in [-0.2, -0.15) is 5.26 Å². The van der Waals surface area contributed by atoms with Gasteiger partial charge in [-0.1, -0.05) is 31.2 Å². The normalized spacial score (nSPS) is 12.1. The molecule has 1 N–H and O–H groups in total. The highest BCUT2D eigenvalue weighted by Crippen LogP contribution is 2.13. The molecule has 0 heterocycles. The molecule has 0 radical (unpaired) electrons. The number of hydrogen-bond donors (Lipinski definition) is 1.